The highest BCUT2D eigenvalue weighted by atomic mass is 79.9. The van der Waals surface area contributed by atoms with Crippen LogP contribution >= 0.6 is 27.5 Å². The van der Waals surface area contributed by atoms with E-state index in [0.29, 0.717) is 4.60 Å². The minimum Gasteiger partial charge on any atom is -0.384 e. The third kappa shape index (κ3) is 3.81. The number of nitrogens with zero attached hydrogens (tertiary/aromatic N) is 1. The van der Waals surface area contributed by atoms with E-state index >= 15 is 0 Å². The van der Waals surface area contributed by atoms with Crippen LogP contribution in [0.25, 0.3) is 0 Å². The molecule has 102 valence electrons. The van der Waals surface area contributed by atoms with Crippen molar-refractivity contribution in [2.24, 2.45) is 5.73 Å². The van der Waals surface area contributed by atoms with Gasteiger partial charge in [-0.25, -0.2) is 4.98 Å². The maximum atomic E-state index is 12.3. The van der Waals surface area contributed by atoms with Crippen molar-refractivity contribution in [3.05, 3.63) is 27.5 Å². The number of halogens is 5. The molecule has 0 aliphatic carbocycles. The zero-order valence-electron chi connectivity index (χ0n) is 9.30. The van der Waals surface area contributed by atoms with E-state index in [4.69, 9.17) is 22.4 Å². The number of aliphatic hydroxyl groups excluding tert-OH is 1. The largest absolute Gasteiger partial charge is 0.414 e. The lowest BCUT2D eigenvalue weighted by molar-refractivity contribution is -0.209. The molecule has 8 heteroatoms. The van der Waals surface area contributed by atoms with Crippen LogP contribution in [0.5, 0.6) is 0 Å². The summed E-state index contributed by atoms with van der Waals surface area (Å²) in [6.07, 6.45) is -7.97. The molecule has 0 amide bonds. The number of aromatic nitrogens is 1. The Morgan fingerprint density at radius 2 is 2.06 bits per heavy atom. The van der Waals surface area contributed by atoms with E-state index in [1.54, 1.807) is 6.07 Å². The van der Waals surface area contributed by atoms with E-state index in [1.807, 2.05) is 0 Å². The predicted molar refractivity (Wildman–Crippen MR) is 65.2 cm³/mol. The van der Waals surface area contributed by atoms with Gasteiger partial charge >= 0.3 is 6.18 Å². The van der Waals surface area contributed by atoms with Gasteiger partial charge in [0, 0.05) is 6.42 Å². The summed E-state index contributed by atoms with van der Waals surface area (Å²) in [7, 11) is 0. The van der Waals surface area contributed by atoms with Gasteiger partial charge in [-0.1, -0.05) is 11.6 Å². The molecule has 0 bridgehead atoms. The summed E-state index contributed by atoms with van der Waals surface area (Å²) in [5.74, 6) is 0. The standard InChI is InChI=1S/C10H11BrClF3N2O/c1-9(16,4-6(18)10(13,14)15)8-5(12)2-3-7(11)17-8/h2-3,6,18H,4,16H2,1H3/t6-,9-/m0/s1. The molecule has 1 aromatic rings. The smallest absolute Gasteiger partial charge is 0.384 e. The normalized spacial score (nSPS) is 17.3. The summed E-state index contributed by atoms with van der Waals surface area (Å²) in [6, 6.07) is 3.02. The number of rotatable bonds is 3. The molecule has 0 aliphatic rings. The van der Waals surface area contributed by atoms with Gasteiger partial charge in [0.05, 0.1) is 16.3 Å². The Labute approximate surface area is 115 Å². The molecular formula is C10H11BrClF3N2O. The molecule has 0 unspecified atom stereocenters. The van der Waals surface area contributed by atoms with Crippen molar-refractivity contribution in [3.8, 4) is 0 Å². The van der Waals surface area contributed by atoms with Crippen molar-refractivity contribution in [2.75, 3.05) is 0 Å². The van der Waals surface area contributed by atoms with Gasteiger partial charge in [0.15, 0.2) is 6.10 Å². The summed E-state index contributed by atoms with van der Waals surface area (Å²) in [6.45, 7) is 1.34. The van der Waals surface area contributed by atoms with Crippen molar-refractivity contribution < 1.29 is 18.3 Å². The van der Waals surface area contributed by atoms with E-state index in [1.165, 1.54) is 13.0 Å². The maximum Gasteiger partial charge on any atom is 0.414 e. The molecule has 18 heavy (non-hydrogen) atoms. The molecule has 0 saturated carbocycles. The molecule has 0 spiro atoms. The Kier molecular flexibility index (Phi) is 4.64. The first-order valence-corrected chi connectivity index (χ1v) is 6.07. The van der Waals surface area contributed by atoms with Crippen LogP contribution in [0.15, 0.2) is 16.7 Å². The first-order chi connectivity index (χ1) is 8.04. The number of hydrogen-bond acceptors (Lipinski definition) is 3. The van der Waals surface area contributed by atoms with E-state index in [2.05, 4.69) is 20.9 Å². The first kappa shape index (κ1) is 15.7. The van der Waals surface area contributed by atoms with Gasteiger partial charge in [0.1, 0.15) is 4.60 Å². The summed E-state index contributed by atoms with van der Waals surface area (Å²) in [5.41, 5.74) is 4.39. The highest BCUT2D eigenvalue weighted by Crippen LogP contribution is 2.33. The second-order valence-corrected chi connectivity index (χ2v) is 5.36. The zero-order chi connectivity index (χ0) is 14.1. The number of nitrogens with two attached hydrogens (primary N) is 1. The SMILES string of the molecule is C[C@](N)(C[C@H](O)C(F)(F)F)c1nc(Br)ccc1Cl. The van der Waals surface area contributed by atoms with Gasteiger partial charge in [0.2, 0.25) is 0 Å². The molecule has 0 radical (unpaired) electrons. The van der Waals surface area contributed by atoms with Crippen LogP contribution < -0.4 is 5.73 Å². The quantitative estimate of drug-likeness (QED) is 0.827. The summed E-state index contributed by atoms with van der Waals surface area (Å²) < 4.78 is 37.3. The fraction of sp³-hybridized carbons (Fsp3) is 0.500. The Hall–Kier alpha value is -0.370. The third-order valence-electron chi connectivity index (χ3n) is 2.35. The molecule has 1 aromatic heterocycles. The fourth-order valence-corrected chi connectivity index (χ4v) is 2.06. The molecule has 2 atom stereocenters. The van der Waals surface area contributed by atoms with E-state index in [-0.39, 0.29) is 10.7 Å². The van der Waals surface area contributed by atoms with Crippen molar-refractivity contribution >= 4 is 27.5 Å². The second kappa shape index (κ2) is 5.32. The van der Waals surface area contributed by atoms with Gasteiger partial charge in [-0.3, -0.25) is 0 Å². The van der Waals surface area contributed by atoms with Gasteiger partial charge in [0.25, 0.3) is 0 Å². The van der Waals surface area contributed by atoms with Crippen LogP contribution in [0.2, 0.25) is 5.02 Å². The average Bonchev–Trinajstić information content (AvgIpc) is 2.19. The van der Waals surface area contributed by atoms with Crippen LogP contribution in [0, 0.1) is 0 Å². The van der Waals surface area contributed by atoms with Crippen LogP contribution in [0.3, 0.4) is 0 Å². The molecule has 0 fully saturated rings. The minimum atomic E-state index is -4.72. The summed E-state index contributed by atoms with van der Waals surface area (Å²) in [5, 5.41) is 9.21. The topological polar surface area (TPSA) is 59.1 Å². The van der Waals surface area contributed by atoms with Crippen LogP contribution in [-0.2, 0) is 5.54 Å². The van der Waals surface area contributed by atoms with E-state index in [0.717, 1.165) is 0 Å². The third-order valence-corrected chi connectivity index (χ3v) is 3.09. The molecule has 0 saturated heterocycles. The first-order valence-electron chi connectivity index (χ1n) is 4.90. The average molecular weight is 348 g/mol. The number of pyridine rings is 1. The minimum absolute atomic E-state index is 0.0989. The van der Waals surface area contributed by atoms with Crippen molar-refractivity contribution in [1.29, 1.82) is 0 Å². The predicted octanol–water partition coefficient (Wildman–Crippen LogP) is 2.98. The van der Waals surface area contributed by atoms with Gasteiger partial charge in [-0.2, -0.15) is 13.2 Å². The molecule has 3 N–H and O–H groups in total. The fourth-order valence-electron chi connectivity index (χ4n) is 1.43. The molecule has 3 nitrogen and oxygen atoms in total. The van der Waals surface area contributed by atoms with Gasteiger partial charge < -0.3 is 10.8 Å². The van der Waals surface area contributed by atoms with Crippen molar-refractivity contribution in [2.45, 2.75) is 31.2 Å². The number of alkyl halides is 3. The van der Waals surface area contributed by atoms with Crippen LogP contribution in [0.1, 0.15) is 19.0 Å². The summed E-state index contributed by atoms with van der Waals surface area (Å²) in [4.78, 5) is 3.96. The molecular weight excluding hydrogens is 336 g/mol. The second-order valence-electron chi connectivity index (χ2n) is 4.14. The van der Waals surface area contributed by atoms with Crippen LogP contribution in [0.4, 0.5) is 13.2 Å². The lowest BCUT2D eigenvalue weighted by Crippen LogP contribution is -2.42. The van der Waals surface area contributed by atoms with Crippen molar-refractivity contribution in [1.82, 2.24) is 4.98 Å². The molecule has 1 heterocycles. The highest BCUT2D eigenvalue weighted by molar-refractivity contribution is 9.10. The lowest BCUT2D eigenvalue weighted by Gasteiger charge is -2.28. The number of hydrogen-bond donors (Lipinski definition) is 2. The van der Waals surface area contributed by atoms with Crippen molar-refractivity contribution in [3.63, 3.8) is 0 Å². The summed E-state index contributed by atoms with van der Waals surface area (Å²) >= 11 is 8.94. The Morgan fingerprint density at radius 1 is 1.50 bits per heavy atom. The lowest BCUT2D eigenvalue weighted by atomic mass is 9.91. The van der Waals surface area contributed by atoms with E-state index < -0.39 is 24.2 Å². The molecule has 1 rings (SSSR count). The molecule has 0 aliphatic heterocycles. The monoisotopic (exact) mass is 346 g/mol. The maximum absolute atomic E-state index is 12.3. The van der Waals surface area contributed by atoms with Gasteiger partial charge in [-0.15, -0.1) is 0 Å². The highest BCUT2D eigenvalue weighted by Gasteiger charge is 2.43. The Morgan fingerprint density at radius 3 is 2.56 bits per heavy atom. The Bertz CT molecular complexity index is 440. The Balaban J connectivity index is 3.02. The van der Waals surface area contributed by atoms with Gasteiger partial charge in [-0.05, 0) is 35.0 Å². The zero-order valence-corrected chi connectivity index (χ0v) is 11.6. The number of aliphatic hydroxyl groups is 1. The molecule has 0 aromatic carbocycles. The van der Waals surface area contributed by atoms with Crippen LogP contribution in [-0.4, -0.2) is 22.4 Å². The van der Waals surface area contributed by atoms with E-state index in [9.17, 15) is 13.2 Å².